The molecule has 2 aromatic carbocycles. The van der Waals surface area contributed by atoms with Crippen LogP contribution in [0.3, 0.4) is 0 Å². The molecule has 2 rings (SSSR count). The molecule has 18 heavy (non-hydrogen) atoms. The van der Waals surface area contributed by atoms with Crippen molar-refractivity contribution in [1.29, 1.82) is 0 Å². The molecular weight excluding hydrogens is 268 g/mol. The normalized spacial score (nSPS) is 8.78. The molecule has 0 saturated heterocycles. The summed E-state index contributed by atoms with van der Waals surface area (Å²) in [6.07, 6.45) is 1.40. The molecule has 3 heteroatoms. The molecule has 2 nitrogen and oxygen atoms in total. The second kappa shape index (κ2) is 9.69. The van der Waals surface area contributed by atoms with E-state index in [1.807, 2.05) is 48.5 Å². The first kappa shape index (κ1) is 16.7. The molecule has 0 aromatic heterocycles. The van der Waals surface area contributed by atoms with E-state index >= 15 is 0 Å². The van der Waals surface area contributed by atoms with E-state index < -0.39 is 0 Å². The molecule has 0 fully saturated rings. The number of carbonyl (C=O) groups excluding carboxylic acids is 1. The Kier molecular flexibility index (Phi) is 8.99. The predicted molar refractivity (Wildman–Crippen MR) is 69.4 cm³/mol. The van der Waals surface area contributed by atoms with Crippen molar-refractivity contribution in [2.45, 2.75) is 26.7 Å². The number of ether oxygens (including phenoxy) is 1. The fourth-order valence-corrected chi connectivity index (χ4v) is 1.28. The summed E-state index contributed by atoms with van der Waals surface area (Å²) in [4.78, 5) is 10.9. The monoisotopic (exact) mass is 286 g/mol. The van der Waals surface area contributed by atoms with Gasteiger partial charge in [-0.15, -0.1) is 6.07 Å². The van der Waals surface area contributed by atoms with Gasteiger partial charge >= 0.3 is 17.1 Å². The molecule has 0 amide bonds. The third kappa shape index (κ3) is 6.43. The van der Waals surface area contributed by atoms with Gasteiger partial charge in [0, 0.05) is 6.42 Å². The summed E-state index contributed by atoms with van der Waals surface area (Å²) in [7, 11) is 0. The van der Waals surface area contributed by atoms with Crippen molar-refractivity contribution >= 4 is 5.97 Å². The van der Waals surface area contributed by atoms with E-state index in [-0.39, 0.29) is 23.0 Å². The summed E-state index contributed by atoms with van der Waals surface area (Å²) in [5, 5.41) is 0. The molecule has 0 N–H and O–H groups in total. The Morgan fingerprint density at radius 1 is 1.33 bits per heavy atom. The van der Waals surface area contributed by atoms with Crippen LogP contribution in [-0.4, -0.2) is 5.97 Å². The molecule has 0 radical (unpaired) electrons. The van der Waals surface area contributed by atoms with Gasteiger partial charge in [0.25, 0.3) is 5.97 Å². The first-order chi connectivity index (χ1) is 8.26. The van der Waals surface area contributed by atoms with Gasteiger partial charge in [-0.1, -0.05) is 20.3 Å². The van der Waals surface area contributed by atoms with E-state index in [4.69, 9.17) is 4.74 Å². The maximum atomic E-state index is 10.9. The van der Waals surface area contributed by atoms with Gasteiger partial charge in [0.15, 0.2) is 0 Å². The molecule has 98 valence electrons. The maximum absolute atomic E-state index is 10.9. The summed E-state index contributed by atoms with van der Waals surface area (Å²) in [5.74, 6) is 0.488. The van der Waals surface area contributed by atoms with E-state index in [1.54, 1.807) is 6.92 Å². The number of hydrogen-bond donors (Lipinski definition) is 0. The van der Waals surface area contributed by atoms with Crippen LogP contribution < -0.4 is 4.74 Å². The predicted octanol–water partition coefficient (Wildman–Crippen LogP) is 3.69. The van der Waals surface area contributed by atoms with Crippen LogP contribution in [0.5, 0.6) is 5.75 Å². The van der Waals surface area contributed by atoms with E-state index in [0.29, 0.717) is 12.2 Å². The zero-order valence-corrected chi connectivity index (χ0v) is 11.8. The van der Waals surface area contributed by atoms with Crippen LogP contribution in [-0.2, 0) is 28.3 Å². The van der Waals surface area contributed by atoms with E-state index in [9.17, 15) is 4.79 Å². The van der Waals surface area contributed by atoms with Gasteiger partial charge in [-0.2, -0.15) is 35.9 Å². The molecule has 0 unspecified atom stereocenters. The molecule has 0 aliphatic heterocycles. The van der Waals surface area contributed by atoms with Gasteiger partial charge in [0.05, 0.1) is 0 Å². The third-order valence-corrected chi connectivity index (χ3v) is 2.27. The molecule has 0 atom stereocenters. The first-order valence-electron chi connectivity index (χ1n) is 5.89. The van der Waals surface area contributed by atoms with Gasteiger partial charge in [-0.05, 0) is 5.75 Å². The van der Waals surface area contributed by atoms with Crippen LogP contribution in [0.15, 0.2) is 48.5 Å². The molecule has 0 aliphatic carbocycles. The van der Waals surface area contributed by atoms with Gasteiger partial charge in [0.2, 0.25) is 0 Å². The Bertz CT molecular complexity index is 398. The van der Waals surface area contributed by atoms with Crippen LogP contribution in [0.1, 0.15) is 25.8 Å². The van der Waals surface area contributed by atoms with Crippen molar-refractivity contribution < 1.29 is 26.6 Å². The minimum absolute atomic E-state index is 0. The fraction of sp³-hybridized carbons (Fsp3) is 0.267. The molecule has 0 saturated carbocycles. The smallest absolute Gasteiger partial charge is 0.503 e. The van der Waals surface area contributed by atoms with E-state index in [2.05, 4.69) is 6.92 Å². The number of esters is 1. The largest absolute Gasteiger partial charge is 2.00 e. The topological polar surface area (TPSA) is 26.3 Å². The summed E-state index contributed by atoms with van der Waals surface area (Å²) < 4.78 is 5.01. The van der Waals surface area contributed by atoms with E-state index in [1.165, 1.54) is 5.56 Å². The SMILES string of the molecule is CCC(=O)Oc1cc[c-](CC)c1.[Fe+2].c1cc[cH-]c1. The second-order valence-corrected chi connectivity index (χ2v) is 3.60. The standard InChI is InChI=1S/C10H13O2.C5H5.Fe/c1-3-8-5-6-9(7-8)12-10(11)4-2;1-2-4-5-3-1;/h5-7H,3-4H2,1-2H3;1-5H;/q2*-1;+2. The Morgan fingerprint density at radius 2 is 2.00 bits per heavy atom. The molecule has 0 aliphatic rings. The zero-order chi connectivity index (χ0) is 12.5. The Morgan fingerprint density at radius 3 is 2.39 bits per heavy atom. The zero-order valence-electron chi connectivity index (χ0n) is 10.7. The van der Waals surface area contributed by atoms with Crippen molar-refractivity contribution in [1.82, 2.24) is 0 Å². The van der Waals surface area contributed by atoms with Crippen LogP contribution in [0.25, 0.3) is 0 Å². The van der Waals surface area contributed by atoms with Crippen molar-refractivity contribution in [2.75, 3.05) is 0 Å². The maximum Gasteiger partial charge on any atom is 2.00 e. The van der Waals surface area contributed by atoms with Gasteiger partial charge in [0.1, 0.15) is 0 Å². The van der Waals surface area contributed by atoms with Crippen molar-refractivity contribution in [3.8, 4) is 5.75 Å². The molecule has 0 heterocycles. The summed E-state index contributed by atoms with van der Waals surface area (Å²) in [6, 6.07) is 15.7. The average molecular weight is 286 g/mol. The van der Waals surface area contributed by atoms with Crippen LogP contribution in [0, 0.1) is 0 Å². The van der Waals surface area contributed by atoms with E-state index in [0.717, 1.165) is 6.42 Å². The van der Waals surface area contributed by atoms with Gasteiger partial charge in [-0.25, -0.2) is 12.1 Å². The minimum Gasteiger partial charge on any atom is -0.503 e. The summed E-state index contributed by atoms with van der Waals surface area (Å²) in [5.41, 5.74) is 1.20. The molecule has 0 bridgehead atoms. The van der Waals surface area contributed by atoms with Crippen molar-refractivity contribution in [3.63, 3.8) is 0 Å². The Hall–Kier alpha value is -1.31. The van der Waals surface area contributed by atoms with Gasteiger partial charge < -0.3 is 4.74 Å². The Labute approximate surface area is 119 Å². The fourth-order valence-electron chi connectivity index (χ4n) is 1.28. The number of rotatable bonds is 3. The average Bonchev–Trinajstić information content (AvgIpc) is 3.02. The molecule has 0 spiro atoms. The third-order valence-electron chi connectivity index (χ3n) is 2.27. The number of carbonyl (C=O) groups is 1. The summed E-state index contributed by atoms with van der Waals surface area (Å²) in [6.45, 7) is 3.85. The van der Waals surface area contributed by atoms with Gasteiger partial charge in [-0.3, -0.25) is 4.79 Å². The number of aryl methyl sites for hydroxylation is 1. The minimum atomic E-state index is -0.178. The molecular formula is C15H18FeO2. The molecule has 2 aromatic rings. The van der Waals surface area contributed by atoms with Crippen LogP contribution in [0.4, 0.5) is 0 Å². The Balaban J connectivity index is 0.000000405. The second-order valence-electron chi connectivity index (χ2n) is 3.60. The number of hydrogen-bond acceptors (Lipinski definition) is 2. The van der Waals surface area contributed by atoms with Crippen LogP contribution >= 0.6 is 0 Å². The quantitative estimate of drug-likeness (QED) is 0.488. The van der Waals surface area contributed by atoms with Crippen LogP contribution in [0.2, 0.25) is 0 Å². The summed E-state index contributed by atoms with van der Waals surface area (Å²) >= 11 is 0. The van der Waals surface area contributed by atoms with Crippen molar-refractivity contribution in [2.24, 2.45) is 0 Å². The first-order valence-corrected chi connectivity index (χ1v) is 5.89. The van der Waals surface area contributed by atoms with Crippen molar-refractivity contribution in [3.05, 3.63) is 54.1 Å².